The summed E-state index contributed by atoms with van der Waals surface area (Å²) >= 11 is 6.77. The molecule has 4 aromatic carbocycles. The van der Waals surface area contributed by atoms with Crippen molar-refractivity contribution in [2.24, 2.45) is 5.10 Å². The van der Waals surface area contributed by atoms with E-state index in [0.29, 0.717) is 22.5 Å². The van der Waals surface area contributed by atoms with Gasteiger partial charge in [0.25, 0.3) is 15.9 Å². The molecule has 0 saturated carbocycles. The third kappa shape index (κ3) is 7.53. The van der Waals surface area contributed by atoms with Crippen molar-refractivity contribution < 1.29 is 17.9 Å². The lowest BCUT2D eigenvalue weighted by atomic mass is 10.2. The number of halogens is 2. The zero-order chi connectivity index (χ0) is 27.0. The van der Waals surface area contributed by atoms with Gasteiger partial charge < -0.3 is 4.74 Å². The molecular weight excluding hydrogens is 634 g/mol. The van der Waals surface area contributed by atoms with E-state index >= 15 is 0 Å². The van der Waals surface area contributed by atoms with Crippen molar-refractivity contribution in [2.75, 3.05) is 10.8 Å². The van der Waals surface area contributed by atoms with Crippen LogP contribution in [0, 0.1) is 0 Å². The first-order valence-corrected chi connectivity index (χ1v) is 14.5. The summed E-state index contributed by atoms with van der Waals surface area (Å²) in [5.74, 6) is 0.111. The van der Waals surface area contributed by atoms with Gasteiger partial charge >= 0.3 is 0 Å². The second-order valence-electron chi connectivity index (χ2n) is 8.08. The van der Waals surface area contributed by atoms with Crippen LogP contribution in [0.5, 0.6) is 5.75 Å². The summed E-state index contributed by atoms with van der Waals surface area (Å²) < 4.78 is 35.2. The average Bonchev–Trinajstić information content (AvgIpc) is 2.92. The monoisotopic (exact) mass is 655 g/mol. The highest BCUT2D eigenvalue weighted by atomic mass is 79.9. The molecule has 194 valence electrons. The quantitative estimate of drug-likeness (QED) is 0.164. The van der Waals surface area contributed by atoms with E-state index in [1.807, 2.05) is 36.4 Å². The maximum absolute atomic E-state index is 13.3. The van der Waals surface area contributed by atoms with Gasteiger partial charge in [-0.1, -0.05) is 68.3 Å². The Kier molecular flexibility index (Phi) is 9.33. The van der Waals surface area contributed by atoms with E-state index in [1.165, 1.54) is 18.3 Å². The number of benzene rings is 4. The molecule has 0 radical (unpaired) electrons. The molecule has 4 rings (SSSR count). The minimum absolute atomic E-state index is 0.0821. The van der Waals surface area contributed by atoms with Crippen molar-refractivity contribution in [1.29, 1.82) is 0 Å². The fourth-order valence-corrected chi connectivity index (χ4v) is 5.49. The summed E-state index contributed by atoms with van der Waals surface area (Å²) in [6.07, 6.45) is 1.48. The molecule has 10 heteroatoms. The van der Waals surface area contributed by atoms with Gasteiger partial charge in [-0.2, -0.15) is 5.10 Å². The smallest absolute Gasteiger partial charge is 0.264 e. The zero-order valence-electron chi connectivity index (χ0n) is 20.0. The largest absolute Gasteiger partial charge is 0.489 e. The molecule has 0 saturated heterocycles. The Labute approximate surface area is 238 Å². The predicted octanol–water partition coefficient (Wildman–Crippen LogP) is 6.14. The fraction of sp³-hybridized carbons (Fsp3) is 0.0714. The van der Waals surface area contributed by atoms with Gasteiger partial charge in [0.2, 0.25) is 0 Å². The number of amides is 1. The summed E-state index contributed by atoms with van der Waals surface area (Å²) in [6, 6.07) is 29.8. The Hall–Kier alpha value is -3.47. The number of carbonyl (C=O) groups excluding carboxylic acids is 1. The Morgan fingerprint density at radius 3 is 2.26 bits per heavy atom. The number of rotatable bonds is 10. The molecule has 0 aliphatic rings. The fourth-order valence-electron chi connectivity index (χ4n) is 3.41. The lowest BCUT2D eigenvalue weighted by Gasteiger charge is -2.23. The Morgan fingerprint density at radius 1 is 0.868 bits per heavy atom. The summed E-state index contributed by atoms with van der Waals surface area (Å²) in [4.78, 5) is 12.8. The van der Waals surface area contributed by atoms with Gasteiger partial charge in [0.05, 0.1) is 16.8 Å². The predicted molar refractivity (Wildman–Crippen MR) is 156 cm³/mol. The van der Waals surface area contributed by atoms with Crippen LogP contribution in [-0.4, -0.2) is 27.1 Å². The number of anilines is 1. The maximum atomic E-state index is 13.3. The van der Waals surface area contributed by atoms with E-state index in [4.69, 9.17) is 4.74 Å². The van der Waals surface area contributed by atoms with Crippen LogP contribution in [-0.2, 0) is 21.4 Å². The highest BCUT2D eigenvalue weighted by Gasteiger charge is 2.27. The van der Waals surface area contributed by atoms with Gasteiger partial charge in [-0.3, -0.25) is 9.10 Å². The molecule has 1 amide bonds. The molecule has 0 heterocycles. The molecule has 0 spiro atoms. The molecule has 4 aromatic rings. The van der Waals surface area contributed by atoms with Crippen LogP contribution < -0.4 is 14.5 Å². The number of hydrogen-bond donors (Lipinski definition) is 1. The number of hydrogen-bond acceptors (Lipinski definition) is 5. The zero-order valence-corrected chi connectivity index (χ0v) is 24.0. The van der Waals surface area contributed by atoms with Crippen LogP contribution in [0.2, 0.25) is 0 Å². The maximum Gasteiger partial charge on any atom is 0.264 e. The molecule has 0 bridgehead atoms. The molecule has 0 unspecified atom stereocenters. The van der Waals surface area contributed by atoms with E-state index in [9.17, 15) is 13.2 Å². The molecule has 0 aliphatic heterocycles. The molecule has 0 aromatic heterocycles. The molecule has 0 aliphatic carbocycles. The summed E-state index contributed by atoms with van der Waals surface area (Å²) in [6.45, 7) is -0.00892. The van der Waals surface area contributed by atoms with Crippen molar-refractivity contribution in [3.05, 3.63) is 123 Å². The molecule has 0 atom stereocenters. The van der Waals surface area contributed by atoms with Crippen molar-refractivity contribution in [2.45, 2.75) is 11.5 Å². The summed E-state index contributed by atoms with van der Waals surface area (Å²) in [5, 5.41) is 3.99. The summed E-state index contributed by atoms with van der Waals surface area (Å²) in [7, 11) is -3.99. The van der Waals surface area contributed by atoms with Crippen molar-refractivity contribution in [1.82, 2.24) is 5.43 Å². The molecule has 0 fully saturated rings. The normalized spacial score (nSPS) is 11.3. The molecule has 38 heavy (non-hydrogen) atoms. The van der Waals surface area contributed by atoms with Crippen LogP contribution in [0.1, 0.15) is 11.1 Å². The minimum Gasteiger partial charge on any atom is -0.489 e. The number of ether oxygens (including phenoxy) is 1. The van der Waals surface area contributed by atoms with Crippen LogP contribution in [0.15, 0.2) is 122 Å². The topological polar surface area (TPSA) is 88.1 Å². The van der Waals surface area contributed by atoms with Gasteiger partial charge in [-0.05, 0) is 77.9 Å². The number of carbonyl (C=O) groups is 1. The van der Waals surface area contributed by atoms with Gasteiger partial charge in [0.1, 0.15) is 18.9 Å². The molecule has 7 nitrogen and oxygen atoms in total. The highest BCUT2D eigenvalue weighted by Crippen LogP contribution is 2.26. The van der Waals surface area contributed by atoms with Gasteiger partial charge in [0.15, 0.2) is 0 Å². The Morgan fingerprint density at radius 2 is 1.58 bits per heavy atom. The van der Waals surface area contributed by atoms with Gasteiger partial charge in [-0.15, -0.1) is 0 Å². The van der Waals surface area contributed by atoms with Crippen LogP contribution >= 0.6 is 31.9 Å². The lowest BCUT2D eigenvalue weighted by Crippen LogP contribution is -2.39. The van der Waals surface area contributed by atoms with Crippen LogP contribution in [0.4, 0.5) is 5.69 Å². The first-order chi connectivity index (χ1) is 18.3. The molecule has 1 N–H and O–H groups in total. The Balaban J connectivity index is 1.39. The van der Waals surface area contributed by atoms with E-state index in [-0.39, 0.29) is 4.90 Å². The van der Waals surface area contributed by atoms with E-state index in [2.05, 4.69) is 42.4 Å². The number of hydrazone groups is 1. The summed E-state index contributed by atoms with van der Waals surface area (Å²) in [5.41, 5.74) is 4.55. The van der Waals surface area contributed by atoms with Crippen molar-refractivity contribution in [3.8, 4) is 5.75 Å². The lowest BCUT2D eigenvalue weighted by molar-refractivity contribution is -0.119. The third-order valence-electron chi connectivity index (χ3n) is 5.32. The van der Waals surface area contributed by atoms with Crippen molar-refractivity contribution in [3.63, 3.8) is 0 Å². The van der Waals surface area contributed by atoms with Crippen LogP contribution in [0.25, 0.3) is 0 Å². The Bertz CT molecular complexity index is 1510. The first-order valence-electron chi connectivity index (χ1n) is 11.4. The number of sulfonamides is 1. The number of nitrogens with one attached hydrogen (secondary N) is 1. The van der Waals surface area contributed by atoms with Gasteiger partial charge in [-0.25, -0.2) is 13.8 Å². The van der Waals surface area contributed by atoms with Crippen molar-refractivity contribution >= 4 is 59.7 Å². The molecular formula is C28H23Br2N3O4S. The van der Waals surface area contributed by atoms with Crippen LogP contribution in [0.3, 0.4) is 0 Å². The van der Waals surface area contributed by atoms with E-state index in [1.54, 1.807) is 54.6 Å². The average molecular weight is 657 g/mol. The second kappa shape index (κ2) is 12.9. The van der Waals surface area contributed by atoms with E-state index < -0.39 is 22.5 Å². The number of nitrogens with zero attached hydrogens (tertiary/aromatic N) is 2. The minimum atomic E-state index is -3.99. The second-order valence-corrected chi connectivity index (χ2v) is 11.8. The standard InChI is InChI=1S/C28H23Br2N3O4S/c29-23-13-9-22(10-14-23)20-37-26-15-11-21(12-16-26)18-31-32-28(34)19-33(25-6-4-5-24(30)17-25)38(35,36)27-7-2-1-3-8-27/h1-18H,19-20H2,(H,32,34)/b31-18+. The van der Waals surface area contributed by atoms with Gasteiger partial charge in [0, 0.05) is 8.95 Å². The first kappa shape index (κ1) is 27.6. The SMILES string of the molecule is O=C(CN(c1cccc(Br)c1)S(=O)(=O)c1ccccc1)N/N=C/c1ccc(OCc2ccc(Br)cc2)cc1. The van der Waals surface area contributed by atoms with E-state index in [0.717, 1.165) is 19.9 Å². The highest BCUT2D eigenvalue weighted by molar-refractivity contribution is 9.10. The third-order valence-corrected chi connectivity index (χ3v) is 8.13.